The van der Waals surface area contributed by atoms with Crippen molar-refractivity contribution in [1.82, 2.24) is 4.98 Å². The molecule has 3 nitrogen and oxygen atoms in total. The fraction of sp³-hybridized carbons (Fsp3) is 0.438. The summed E-state index contributed by atoms with van der Waals surface area (Å²) in [5, 5.41) is 5.85. The zero-order valence-corrected chi connectivity index (χ0v) is 11.6. The third-order valence-electron chi connectivity index (χ3n) is 4.31. The molecule has 100 valence electrons. The summed E-state index contributed by atoms with van der Waals surface area (Å²) in [5.41, 5.74) is 0.517. The minimum atomic E-state index is 0.517. The number of anilines is 1. The molecule has 0 radical (unpaired) electrons. The first-order chi connectivity index (χ1) is 9.26. The third kappa shape index (κ3) is 2.37. The van der Waals surface area contributed by atoms with Crippen LogP contribution in [0.25, 0.3) is 10.8 Å². The van der Waals surface area contributed by atoms with Crippen molar-refractivity contribution in [3.05, 3.63) is 30.5 Å². The molecule has 1 saturated carbocycles. The van der Waals surface area contributed by atoms with E-state index in [2.05, 4.69) is 29.4 Å². The highest BCUT2D eigenvalue weighted by molar-refractivity contribution is 5.92. The molecule has 0 spiro atoms. The van der Waals surface area contributed by atoms with E-state index < -0.39 is 0 Å². The van der Waals surface area contributed by atoms with Crippen LogP contribution in [0.2, 0.25) is 0 Å². The van der Waals surface area contributed by atoms with Gasteiger partial charge in [0, 0.05) is 18.1 Å². The number of benzene rings is 1. The highest BCUT2D eigenvalue weighted by atomic mass is 16.5. The van der Waals surface area contributed by atoms with Gasteiger partial charge in [-0.05, 0) is 48.3 Å². The second-order valence-corrected chi connectivity index (χ2v) is 5.45. The molecule has 3 rings (SSSR count). The number of fused-ring (bicyclic) bond motifs is 1. The van der Waals surface area contributed by atoms with E-state index >= 15 is 0 Å². The summed E-state index contributed by atoms with van der Waals surface area (Å²) in [6.07, 6.45) is 5.78. The monoisotopic (exact) mass is 256 g/mol. The van der Waals surface area contributed by atoms with Crippen molar-refractivity contribution in [2.24, 2.45) is 5.41 Å². The Hall–Kier alpha value is -1.77. The molecule has 1 aliphatic carbocycles. The maximum atomic E-state index is 5.30. The highest BCUT2D eigenvalue weighted by Crippen LogP contribution is 2.48. The molecule has 0 unspecified atom stereocenters. The lowest BCUT2D eigenvalue weighted by Gasteiger charge is -2.15. The minimum Gasteiger partial charge on any atom is -0.497 e. The van der Waals surface area contributed by atoms with Crippen molar-refractivity contribution < 1.29 is 4.74 Å². The lowest BCUT2D eigenvalue weighted by atomic mass is 10.0. The van der Waals surface area contributed by atoms with Crippen LogP contribution in [0.15, 0.2) is 30.5 Å². The molecule has 2 aromatic rings. The molecule has 0 saturated heterocycles. The van der Waals surface area contributed by atoms with Gasteiger partial charge in [0.1, 0.15) is 11.6 Å². The predicted molar refractivity (Wildman–Crippen MR) is 78.7 cm³/mol. The molecule has 0 bridgehead atoms. The van der Waals surface area contributed by atoms with E-state index in [4.69, 9.17) is 4.74 Å². The van der Waals surface area contributed by atoms with E-state index in [0.29, 0.717) is 5.41 Å². The van der Waals surface area contributed by atoms with Crippen LogP contribution in [-0.4, -0.2) is 18.6 Å². The molecule has 1 aromatic heterocycles. The summed E-state index contributed by atoms with van der Waals surface area (Å²) in [5.74, 6) is 1.84. The summed E-state index contributed by atoms with van der Waals surface area (Å²) < 4.78 is 5.30. The van der Waals surface area contributed by atoms with Gasteiger partial charge in [-0.15, -0.1) is 0 Å². The van der Waals surface area contributed by atoms with Crippen molar-refractivity contribution in [3.63, 3.8) is 0 Å². The largest absolute Gasteiger partial charge is 0.497 e. The van der Waals surface area contributed by atoms with Crippen molar-refractivity contribution in [2.45, 2.75) is 26.2 Å². The Bertz CT molecular complexity index is 590. The second-order valence-electron chi connectivity index (χ2n) is 5.45. The zero-order chi connectivity index (χ0) is 13.3. The summed E-state index contributed by atoms with van der Waals surface area (Å²) >= 11 is 0. The number of rotatable bonds is 5. The molecule has 1 N–H and O–H groups in total. The van der Waals surface area contributed by atoms with Crippen LogP contribution in [0.1, 0.15) is 26.2 Å². The SMILES string of the molecule is CCC1(CNc2nccc3ccc(OC)cc23)CC1. The smallest absolute Gasteiger partial charge is 0.133 e. The maximum absolute atomic E-state index is 5.30. The van der Waals surface area contributed by atoms with Gasteiger partial charge >= 0.3 is 0 Å². The maximum Gasteiger partial charge on any atom is 0.133 e. The Kier molecular flexibility index (Phi) is 3.05. The number of hydrogen-bond donors (Lipinski definition) is 1. The highest BCUT2D eigenvalue weighted by Gasteiger charge is 2.40. The van der Waals surface area contributed by atoms with Gasteiger partial charge < -0.3 is 10.1 Å². The van der Waals surface area contributed by atoms with Gasteiger partial charge in [-0.25, -0.2) is 4.98 Å². The first-order valence-corrected chi connectivity index (χ1v) is 6.93. The standard InChI is InChI=1S/C16H20N2O/c1-3-16(7-8-16)11-18-15-14-10-13(19-2)5-4-12(14)6-9-17-15/h4-6,9-10H,3,7-8,11H2,1-2H3,(H,17,18). The van der Waals surface area contributed by atoms with Crippen LogP contribution in [-0.2, 0) is 0 Å². The average molecular weight is 256 g/mol. The van der Waals surface area contributed by atoms with E-state index in [0.717, 1.165) is 23.5 Å². The van der Waals surface area contributed by atoms with Crippen LogP contribution in [0.3, 0.4) is 0 Å². The van der Waals surface area contributed by atoms with Gasteiger partial charge in [-0.2, -0.15) is 0 Å². The van der Waals surface area contributed by atoms with Crippen molar-refractivity contribution in [2.75, 3.05) is 19.0 Å². The molecule has 3 heteroatoms. The molecule has 1 heterocycles. The predicted octanol–water partition coefficient (Wildman–Crippen LogP) is 3.85. The van der Waals surface area contributed by atoms with Crippen LogP contribution in [0, 0.1) is 5.41 Å². The first-order valence-electron chi connectivity index (χ1n) is 6.93. The first kappa shape index (κ1) is 12.3. The number of pyridine rings is 1. The van der Waals surface area contributed by atoms with E-state index in [1.54, 1.807) is 7.11 Å². The molecule has 1 fully saturated rings. The Morgan fingerprint density at radius 1 is 1.32 bits per heavy atom. The Labute approximate surface area is 114 Å². The van der Waals surface area contributed by atoms with Crippen LogP contribution < -0.4 is 10.1 Å². The van der Waals surface area contributed by atoms with Crippen molar-refractivity contribution in [1.29, 1.82) is 0 Å². The molecule has 19 heavy (non-hydrogen) atoms. The van der Waals surface area contributed by atoms with Crippen LogP contribution in [0.5, 0.6) is 5.75 Å². The number of nitrogens with zero attached hydrogens (tertiary/aromatic N) is 1. The molecule has 0 atom stereocenters. The lowest BCUT2D eigenvalue weighted by molar-refractivity contribution is 0.415. The molecule has 0 amide bonds. The fourth-order valence-electron chi connectivity index (χ4n) is 2.52. The van der Waals surface area contributed by atoms with Crippen molar-refractivity contribution in [3.8, 4) is 5.75 Å². The van der Waals surface area contributed by atoms with Gasteiger partial charge in [0.2, 0.25) is 0 Å². The van der Waals surface area contributed by atoms with E-state index in [1.807, 2.05) is 18.3 Å². The topological polar surface area (TPSA) is 34.2 Å². The molecule has 1 aliphatic rings. The number of aromatic nitrogens is 1. The molecular weight excluding hydrogens is 236 g/mol. The van der Waals surface area contributed by atoms with Gasteiger partial charge in [0.05, 0.1) is 7.11 Å². The molecule has 1 aromatic carbocycles. The van der Waals surface area contributed by atoms with Crippen molar-refractivity contribution >= 4 is 16.6 Å². The summed E-state index contributed by atoms with van der Waals surface area (Å²) in [7, 11) is 1.70. The normalized spacial score (nSPS) is 16.3. The number of methoxy groups -OCH3 is 1. The van der Waals surface area contributed by atoms with Crippen LogP contribution in [0.4, 0.5) is 5.82 Å². The Balaban J connectivity index is 1.89. The number of nitrogens with one attached hydrogen (secondary N) is 1. The number of hydrogen-bond acceptors (Lipinski definition) is 3. The minimum absolute atomic E-state index is 0.517. The average Bonchev–Trinajstić information content (AvgIpc) is 3.25. The van der Waals surface area contributed by atoms with Gasteiger partial charge in [-0.3, -0.25) is 0 Å². The van der Waals surface area contributed by atoms with Crippen LogP contribution >= 0.6 is 0 Å². The fourth-order valence-corrected chi connectivity index (χ4v) is 2.52. The zero-order valence-electron chi connectivity index (χ0n) is 11.6. The second kappa shape index (κ2) is 4.72. The summed E-state index contributed by atoms with van der Waals surface area (Å²) in [6, 6.07) is 8.15. The number of ether oxygens (including phenoxy) is 1. The summed E-state index contributed by atoms with van der Waals surface area (Å²) in [4.78, 5) is 4.48. The Morgan fingerprint density at radius 3 is 2.84 bits per heavy atom. The van der Waals surface area contributed by atoms with E-state index in [9.17, 15) is 0 Å². The third-order valence-corrected chi connectivity index (χ3v) is 4.31. The van der Waals surface area contributed by atoms with Gasteiger partial charge in [0.15, 0.2) is 0 Å². The lowest BCUT2D eigenvalue weighted by Crippen LogP contribution is -2.15. The van der Waals surface area contributed by atoms with E-state index in [1.165, 1.54) is 24.6 Å². The Morgan fingerprint density at radius 2 is 2.16 bits per heavy atom. The summed E-state index contributed by atoms with van der Waals surface area (Å²) in [6.45, 7) is 3.29. The van der Waals surface area contributed by atoms with E-state index in [-0.39, 0.29) is 0 Å². The van der Waals surface area contributed by atoms with Gasteiger partial charge in [-0.1, -0.05) is 13.0 Å². The quantitative estimate of drug-likeness (QED) is 0.882. The van der Waals surface area contributed by atoms with Gasteiger partial charge in [0.25, 0.3) is 0 Å². The molecular formula is C16H20N2O. The molecule has 0 aliphatic heterocycles.